The van der Waals surface area contributed by atoms with Gasteiger partial charge in [0.05, 0.1) is 12.2 Å². The Morgan fingerprint density at radius 1 is 1.43 bits per heavy atom. The molecule has 3 nitrogen and oxygen atoms in total. The van der Waals surface area contributed by atoms with Crippen LogP contribution in [0, 0.1) is 11.3 Å². The summed E-state index contributed by atoms with van der Waals surface area (Å²) in [6.07, 6.45) is 8.37. The van der Waals surface area contributed by atoms with E-state index in [2.05, 4.69) is 13.0 Å². The summed E-state index contributed by atoms with van der Waals surface area (Å²) in [6.45, 7) is 2.62. The molecule has 2 N–H and O–H groups in total. The topological polar surface area (TPSA) is 54.7 Å². The average molecular weight is 191 g/mol. The van der Waals surface area contributed by atoms with Crippen LogP contribution in [0.25, 0.3) is 0 Å². The minimum atomic E-state index is 0.447. The molecule has 0 aliphatic heterocycles. The molecule has 76 valence electrons. The summed E-state index contributed by atoms with van der Waals surface area (Å²) >= 11 is 0. The summed E-state index contributed by atoms with van der Waals surface area (Å²) in [5, 5.41) is 8.88. The third-order valence-electron chi connectivity index (χ3n) is 2.34. The highest BCUT2D eigenvalue weighted by atomic mass is 15.0. The van der Waals surface area contributed by atoms with E-state index in [1.54, 1.807) is 0 Å². The number of hydrogen-bond acceptors (Lipinski definition) is 2. The van der Waals surface area contributed by atoms with Crippen molar-refractivity contribution in [2.24, 2.45) is 5.73 Å². The first-order chi connectivity index (χ1) is 6.81. The predicted molar refractivity (Wildman–Crippen MR) is 56.6 cm³/mol. The van der Waals surface area contributed by atoms with Gasteiger partial charge in [0, 0.05) is 12.4 Å². The smallest absolute Gasteiger partial charge is 0.101 e. The van der Waals surface area contributed by atoms with Crippen LogP contribution in [-0.2, 0) is 13.1 Å². The first kappa shape index (κ1) is 10.8. The van der Waals surface area contributed by atoms with Crippen LogP contribution >= 0.6 is 0 Å². The molecule has 0 saturated carbocycles. The summed E-state index contributed by atoms with van der Waals surface area (Å²) in [5.41, 5.74) is 7.40. The Labute approximate surface area is 85.1 Å². The largest absolute Gasteiger partial charge is 0.340 e. The summed E-state index contributed by atoms with van der Waals surface area (Å²) in [4.78, 5) is 0. The molecule has 0 atom stereocenters. The van der Waals surface area contributed by atoms with Crippen molar-refractivity contribution in [2.45, 2.75) is 39.3 Å². The quantitative estimate of drug-likeness (QED) is 0.724. The molecule has 0 unspecified atom stereocenters. The standard InChI is InChI=1S/C11H17N3/c1-2-3-4-5-10-7-14(9-13)8-11(10)6-12/h7-8H,2-5,9,13H2,1H3. The molecule has 0 saturated heterocycles. The zero-order chi connectivity index (χ0) is 10.4. The molecule has 0 bridgehead atoms. The number of unbranched alkanes of at least 4 members (excludes halogenated alkanes) is 2. The van der Waals surface area contributed by atoms with Crippen molar-refractivity contribution in [3.8, 4) is 6.07 Å². The van der Waals surface area contributed by atoms with Crippen molar-refractivity contribution in [3.05, 3.63) is 23.5 Å². The van der Waals surface area contributed by atoms with Gasteiger partial charge in [0.15, 0.2) is 0 Å². The van der Waals surface area contributed by atoms with Crippen molar-refractivity contribution in [1.29, 1.82) is 5.26 Å². The number of nitriles is 1. The maximum absolute atomic E-state index is 8.88. The normalized spacial score (nSPS) is 10.1. The summed E-state index contributed by atoms with van der Waals surface area (Å²) < 4.78 is 1.86. The van der Waals surface area contributed by atoms with Gasteiger partial charge in [0.1, 0.15) is 6.07 Å². The highest BCUT2D eigenvalue weighted by molar-refractivity contribution is 5.35. The molecule has 0 radical (unpaired) electrons. The number of nitrogens with two attached hydrogens (primary N) is 1. The number of hydrogen-bond donors (Lipinski definition) is 1. The van der Waals surface area contributed by atoms with E-state index in [0.717, 1.165) is 24.0 Å². The Morgan fingerprint density at radius 3 is 2.79 bits per heavy atom. The maximum Gasteiger partial charge on any atom is 0.101 e. The first-order valence-electron chi connectivity index (χ1n) is 5.10. The van der Waals surface area contributed by atoms with Gasteiger partial charge in [0.2, 0.25) is 0 Å². The van der Waals surface area contributed by atoms with Crippen molar-refractivity contribution < 1.29 is 0 Å². The maximum atomic E-state index is 8.88. The molecule has 14 heavy (non-hydrogen) atoms. The molecule has 0 amide bonds. The van der Waals surface area contributed by atoms with Gasteiger partial charge >= 0.3 is 0 Å². The fraction of sp³-hybridized carbons (Fsp3) is 0.545. The summed E-state index contributed by atoms with van der Waals surface area (Å²) in [5.74, 6) is 0. The summed E-state index contributed by atoms with van der Waals surface area (Å²) in [6, 6.07) is 2.20. The number of aryl methyl sites for hydroxylation is 1. The van der Waals surface area contributed by atoms with Crippen LogP contribution in [0.4, 0.5) is 0 Å². The van der Waals surface area contributed by atoms with Crippen LogP contribution in [0.2, 0.25) is 0 Å². The molecule has 1 rings (SSSR count). The van der Waals surface area contributed by atoms with Crippen molar-refractivity contribution in [2.75, 3.05) is 0 Å². The molecule has 0 aliphatic rings. The highest BCUT2D eigenvalue weighted by Crippen LogP contribution is 2.13. The van der Waals surface area contributed by atoms with E-state index in [0.29, 0.717) is 6.67 Å². The fourth-order valence-corrected chi connectivity index (χ4v) is 1.53. The monoisotopic (exact) mass is 191 g/mol. The minimum absolute atomic E-state index is 0.447. The van der Waals surface area contributed by atoms with E-state index < -0.39 is 0 Å². The second-order valence-corrected chi connectivity index (χ2v) is 3.46. The van der Waals surface area contributed by atoms with Crippen LogP contribution in [0.1, 0.15) is 37.3 Å². The van der Waals surface area contributed by atoms with Crippen molar-refractivity contribution in [3.63, 3.8) is 0 Å². The molecule has 1 aromatic rings. The van der Waals surface area contributed by atoms with Crippen LogP contribution in [0.3, 0.4) is 0 Å². The van der Waals surface area contributed by atoms with Gasteiger partial charge in [-0.1, -0.05) is 19.8 Å². The molecule has 0 spiro atoms. The molecule has 3 heteroatoms. The van der Waals surface area contributed by atoms with E-state index in [9.17, 15) is 0 Å². The second-order valence-electron chi connectivity index (χ2n) is 3.46. The van der Waals surface area contributed by atoms with Crippen LogP contribution in [0.5, 0.6) is 0 Å². The van der Waals surface area contributed by atoms with E-state index >= 15 is 0 Å². The predicted octanol–water partition coefficient (Wildman–Crippen LogP) is 2.01. The van der Waals surface area contributed by atoms with Gasteiger partial charge in [-0.15, -0.1) is 0 Å². The SMILES string of the molecule is CCCCCc1cn(CN)cc1C#N. The number of rotatable bonds is 5. The Balaban J connectivity index is 2.65. The van der Waals surface area contributed by atoms with Crippen molar-refractivity contribution in [1.82, 2.24) is 4.57 Å². The van der Waals surface area contributed by atoms with Crippen LogP contribution in [-0.4, -0.2) is 4.57 Å². The minimum Gasteiger partial charge on any atom is -0.340 e. The van der Waals surface area contributed by atoms with E-state index in [1.165, 1.54) is 12.8 Å². The van der Waals surface area contributed by atoms with Crippen LogP contribution in [0.15, 0.2) is 12.4 Å². The zero-order valence-electron chi connectivity index (χ0n) is 8.66. The molecular formula is C11H17N3. The zero-order valence-corrected chi connectivity index (χ0v) is 8.66. The Kier molecular flexibility index (Phi) is 4.21. The van der Waals surface area contributed by atoms with Gasteiger partial charge in [-0.2, -0.15) is 5.26 Å². The molecule has 1 heterocycles. The second kappa shape index (κ2) is 5.46. The van der Waals surface area contributed by atoms with Gasteiger partial charge < -0.3 is 10.3 Å². The molecular weight excluding hydrogens is 174 g/mol. The third-order valence-corrected chi connectivity index (χ3v) is 2.34. The summed E-state index contributed by atoms with van der Waals surface area (Å²) in [7, 11) is 0. The first-order valence-corrected chi connectivity index (χ1v) is 5.10. The van der Waals surface area contributed by atoms with Crippen molar-refractivity contribution >= 4 is 0 Å². The van der Waals surface area contributed by atoms with Gasteiger partial charge in [-0.05, 0) is 18.4 Å². The lowest BCUT2D eigenvalue weighted by Gasteiger charge is -1.97. The van der Waals surface area contributed by atoms with Gasteiger partial charge in [-0.25, -0.2) is 0 Å². The lowest BCUT2D eigenvalue weighted by Crippen LogP contribution is -2.03. The molecule has 0 aromatic carbocycles. The van der Waals surface area contributed by atoms with Gasteiger partial charge in [0.25, 0.3) is 0 Å². The molecule has 0 fully saturated rings. The van der Waals surface area contributed by atoms with E-state index in [-0.39, 0.29) is 0 Å². The third kappa shape index (κ3) is 2.61. The highest BCUT2D eigenvalue weighted by Gasteiger charge is 2.04. The number of nitrogens with zero attached hydrogens (tertiary/aromatic N) is 2. The lowest BCUT2D eigenvalue weighted by atomic mass is 10.1. The number of aromatic nitrogens is 1. The lowest BCUT2D eigenvalue weighted by molar-refractivity contribution is 0.707. The van der Waals surface area contributed by atoms with E-state index in [4.69, 9.17) is 11.0 Å². The Hall–Kier alpha value is -1.27. The van der Waals surface area contributed by atoms with E-state index in [1.807, 2.05) is 17.0 Å². The average Bonchev–Trinajstić information content (AvgIpc) is 2.61. The fourth-order valence-electron chi connectivity index (χ4n) is 1.53. The Morgan fingerprint density at radius 2 is 2.21 bits per heavy atom. The molecule has 1 aromatic heterocycles. The molecule has 0 aliphatic carbocycles. The van der Waals surface area contributed by atoms with Gasteiger partial charge in [-0.3, -0.25) is 0 Å². The van der Waals surface area contributed by atoms with Crippen LogP contribution < -0.4 is 5.73 Å². The Bertz CT molecular complexity index is 320.